The summed E-state index contributed by atoms with van der Waals surface area (Å²) in [6.07, 6.45) is 0. The second-order valence-electron chi connectivity index (χ2n) is 6.76. The van der Waals surface area contributed by atoms with Crippen molar-refractivity contribution in [3.05, 3.63) is 63.7 Å². The van der Waals surface area contributed by atoms with E-state index in [9.17, 15) is 14.9 Å². The highest BCUT2D eigenvalue weighted by atomic mass is 16.6. The highest BCUT2D eigenvalue weighted by molar-refractivity contribution is 6.00. The molecule has 0 aromatic heterocycles. The topological polar surface area (TPSA) is 93.9 Å². The summed E-state index contributed by atoms with van der Waals surface area (Å²) in [6.45, 7) is 6.75. The number of carbonyl (C=O) groups is 1. The van der Waals surface area contributed by atoms with E-state index in [1.807, 2.05) is 43.0 Å². The number of nitrogens with one attached hydrogen (secondary N) is 1. The smallest absolute Gasteiger partial charge is 0.270 e. The van der Waals surface area contributed by atoms with Gasteiger partial charge in [0.15, 0.2) is 0 Å². The summed E-state index contributed by atoms with van der Waals surface area (Å²) in [7, 11) is 0. The molecule has 1 amide bonds. The molecule has 8 nitrogen and oxygen atoms in total. The van der Waals surface area contributed by atoms with Gasteiger partial charge >= 0.3 is 0 Å². The summed E-state index contributed by atoms with van der Waals surface area (Å²) in [6, 6.07) is 11.6. The first kappa shape index (κ1) is 20.6. The molecule has 1 N–H and O–H groups in total. The van der Waals surface area contributed by atoms with Crippen molar-refractivity contribution < 1.29 is 19.2 Å². The van der Waals surface area contributed by atoms with E-state index in [1.54, 1.807) is 6.07 Å². The van der Waals surface area contributed by atoms with E-state index in [1.165, 1.54) is 12.1 Å². The molecule has 29 heavy (non-hydrogen) atoms. The number of amides is 1. The lowest BCUT2D eigenvalue weighted by Gasteiger charge is -2.30. The minimum absolute atomic E-state index is 0.110. The van der Waals surface area contributed by atoms with Gasteiger partial charge in [0.1, 0.15) is 5.75 Å². The van der Waals surface area contributed by atoms with Crippen LogP contribution in [0.25, 0.3) is 0 Å². The molecule has 0 spiro atoms. The fourth-order valence-electron chi connectivity index (χ4n) is 3.28. The van der Waals surface area contributed by atoms with Gasteiger partial charge in [0.25, 0.3) is 11.6 Å². The van der Waals surface area contributed by atoms with E-state index in [0.29, 0.717) is 44.2 Å². The molecule has 154 valence electrons. The molecule has 1 atom stereocenters. The zero-order chi connectivity index (χ0) is 20.8. The van der Waals surface area contributed by atoms with Gasteiger partial charge in [-0.3, -0.25) is 14.9 Å². The van der Waals surface area contributed by atoms with Crippen LogP contribution < -0.4 is 15.0 Å². The fourth-order valence-corrected chi connectivity index (χ4v) is 3.28. The first-order chi connectivity index (χ1) is 14.0. The average Bonchev–Trinajstić information content (AvgIpc) is 2.74. The zero-order valence-electron chi connectivity index (χ0n) is 16.6. The zero-order valence-corrected chi connectivity index (χ0v) is 16.6. The second-order valence-corrected chi connectivity index (χ2v) is 6.76. The molecule has 8 heteroatoms. The van der Waals surface area contributed by atoms with Gasteiger partial charge in [-0.1, -0.05) is 12.1 Å². The largest absolute Gasteiger partial charge is 0.494 e. The molecule has 0 bridgehead atoms. The van der Waals surface area contributed by atoms with E-state index < -0.39 is 4.92 Å². The summed E-state index contributed by atoms with van der Waals surface area (Å²) in [5.74, 6) is 0.416. The van der Waals surface area contributed by atoms with E-state index in [0.717, 1.165) is 11.3 Å². The molecule has 2 aromatic rings. The number of benzene rings is 2. The normalized spacial score (nSPS) is 14.9. The molecule has 1 unspecified atom stereocenters. The lowest BCUT2D eigenvalue weighted by molar-refractivity contribution is -0.384. The maximum atomic E-state index is 13.0. The van der Waals surface area contributed by atoms with Gasteiger partial charge < -0.3 is 19.7 Å². The van der Waals surface area contributed by atoms with Crippen LogP contribution in [0.2, 0.25) is 0 Å². The first-order valence-electron chi connectivity index (χ1n) is 9.64. The third-order valence-corrected chi connectivity index (χ3v) is 4.83. The van der Waals surface area contributed by atoms with Crippen LogP contribution in [0.5, 0.6) is 5.75 Å². The van der Waals surface area contributed by atoms with Crippen molar-refractivity contribution in [1.82, 2.24) is 5.32 Å². The van der Waals surface area contributed by atoms with Gasteiger partial charge in [-0.15, -0.1) is 0 Å². The Bertz CT molecular complexity index is 863. The summed E-state index contributed by atoms with van der Waals surface area (Å²) < 4.78 is 10.8. The van der Waals surface area contributed by atoms with Crippen molar-refractivity contribution in [3.8, 4) is 5.75 Å². The molecule has 1 aliphatic rings. The van der Waals surface area contributed by atoms with Crippen LogP contribution in [0.4, 0.5) is 11.4 Å². The average molecular weight is 399 g/mol. The minimum atomic E-state index is -0.490. The molecule has 0 saturated carbocycles. The van der Waals surface area contributed by atoms with Crippen LogP contribution in [0, 0.1) is 10.1 Å². The maximum Gasteiger partial charge on any atom is 0.270 e. The Hall–Kier alpha value is -3.13. The predicted octanol–water partition coefficient (Wildman–Crippen LogP) is 3.32. The van der Waals surface area contributed by atoms with Gasteiger partial charge in [0.05, 0.1) is 42.0 Å². The van der Waals surface area contributed by atoms with Gasteiger partial charge in [-0.25, -0.2) is 0 Å². The molecule has 2 aromatic carbocycles. The van der Waals surface area contributed by atoms with E-state index in [4.69, 9.17) is 9.47 Å². The Morgan fingerprint density at radius 2 is 1.93 bits per heavy atom. The van der Waals surface area contributed by atoms with Gasteiger partial charge in [-0.05, 0) is 37.6 Å². The van der Waals surface area contributed by atoms with E-state index >= 15 is 0 Å². The van der Waals surface area contributed by atoms with Crippen LogP contribution in [0.15, 0.2) is 42.5 Å². The molecule has 0 radical (unpaired) electrons. The van der Waals surface area contributed by atoms with Crippen LogP contribution in [-0.4, -0.2) is 43.7 Å². The molecule has 3 rings (SSSR count). The first-order valence-corrected chi connectivity index (χ1v) is 9.64. The number of ether oxygens (including phenoxy) is 2. The molecule has 1 saturated heterocycles. The molecular formula is C21H25N3O5. The Morgan fingerprint density at radius 1 is 1.24 bits per heavy atom. The van der Waals surface area contributed by atoms with Gasteiger partial charge in [-0.2, -0.15) is 0 Å². The number of carbonyl (C=O) groups excluding carboxylic acids is 1. The third-order valence-electron chi connectivity index (χ3n) is 4.83. The van der Waals surface area contributed by atoms with Crippen LogP contribution >= 0.6 is 0 Å². The summed E-state index contributed by atoms with van der Waals surface area (Å²) in [5, 5.41) is 14.2. The Labute approximate surface area is 169 Å². The van der Waals surface area contributed by atoms with Crippen molar-refractivity contribution in [2.75, 3.05) is 37.8 Å². The molecule has 1 fully saturated rings. The van der Waals surface area contributed by atoms with Gasteiger partial charge in [0.2, 0.25) is 0 Å². The second kappa shape index (κ2) is 9.38. The SMILES string of the molecule is CCOc1ccc(C(C)NC(=O)c2cc([N+](=O)[O-])ccc2N2CCOCC2)cc1. The van der Waals surface area contributed by atoms with E-state index in [-0.39, 0.29) is 17.6 Å². The summed E-state index contributed by atoms with van der Waals surface area (Å²) in [5.41, 5.74) is 1.77. The monoisotopic (exact) mass is 399 g/mol. The number of non-ortho nitro benzene ring substituents is 1. The Kier molecular flexibility index (Phi) is 6.66. The minimum Gasteiger partial charge on any atom is -0.494 e. The highest BCUT2D eigenvalue weighted by Crippen LogP contribution is 2.27. The third kappa shape index (κ3) is 5.03. The van der Waals surface area contributed by atoms with E-state index in [2.05, 4.69) is 5.32 Å². The molecule has 0 aliphatic carbocycles. The number of hydrogen-bond donors (Lipinski definition) is 1. The van der Waals surface area contributed by atoms with Crippen molar-refractivity contribution in [2.24, 2.45) is 0 Å². The quantitative estimate of drug-likeness (QED) is 0.567. The summed E-state index contributed by atoms with van der Waals surface area (Å²) >= 11 is 0. The van der Waals surface area contributed by atoms with Crippen LogP contribution in [-0.2, 0) is 4.74 Å². The molecule has 1 aliphatic heterocycles. The molecular weight excluding hydrogens is 374 g/mol. The van der Waals surface area contributed by atoms with Crippen LogP contribution in [0.3, 0.4) is 0 Å². The number of hydrogen-bond acceptors (Lipinski definition) is 6. The van der Waals surface area contributed by atoms with Gasteiger partial charge in [0, 0.05) is 25.2 Å². The van der Waals surface area contributed by atoms with Crippen molar-refractivity contribution in [3.63, 3.8) is 0 Å². The predicted molar refractivity (Wildman–Crippen MR) is 110 cm³/mol. The lowest BCUT2D eigenvalue weighted by atomic mass is 10.1. The Balaban J connectivity index is 1.82. The Morgan fingerprint density at radius 3 is 2.55 bits per heavy atom. The highest BCUT2D eigenvalue weighted by Gasteiger charge is 2.23. The number of nitro groups is 1. The van der Waals surface area contributed by atoms with Crippen molar-refractivity contribution in [1.29, 1.82) is 0 Å². The number of morpholine rings is 1. The van der Waals surface area contributed by atoms with Crippen LogP contribution in [0.1, 0.15) is 35.8 Å². The van der Waals surface area contributed by atoms with Crippen molar-refractivity contribution in [2.45, 2.75) is 19.9 Å². The number of nitro benzene ring substituents is 1. The fraction of sp³-hybridized carbons (Fsp3) is 0.381. The maximum absolute atomic E-state index is 13.0. The number of rotatable bonds is 7. The van der Waals surface area contributed by atoms with Crippen molar-refractivity contribution >= 4 is 17.3 Å². The number of anilines is 1. The lowest BCUT2D eigenvalue weighted by Crippen LogP contribution is -2.38. The molecule has 1 heterocycles. The summed E-state index contributed by atoms with van der Waals surface area (Å²) in [4.78, 5) is 25.8. The standard InChI is InChI=1S/C21H25N3O5/c1-3-29-18-7-4-16(5-8-18)15(2)22-21(25)19-14-17(24(26)27)6-9-20(19)23-10-12-28-13-11-23/h4-9,14-15H,3,10-13H2,1-2H3,(H,22,25). The number of nitrogens with zero attached hydrogens (tertiary/aromatic N) is 2.